The number of halogens is 1. The van der Waals surface area contributed by atoms with Gasteiger partial charge in [0, 0.05) is 19.4 Å². The van der Waals surface area contributed by atoms with E-state index in [0.29, 0.717) is 16.7 Å². The molecule has 116 valence electrons. The number of rotatable bonds is 6. The summed E-state index contributed by atoms with van der Waals surface area (Å²) in [5.74, 6) is 1.69. The molecular weight excluding hydrogens is 302 g/mol. The third kappa shape index (κ3) is 3.42. The van der Waals surface area contributed by atoms with Gasteiger partial charge in [-0.1, -0.05) is 23.7 Å². The zero-order chi connectivity index (χ0) is 15.5. The zero-order valence-electron chi connectivity index (χ0n) is 12.3. The van der Waals surface area contributed by atoms with Gasteiger partial charge in [0.1, 0.15) is 11.6 Å². The van der Waals surface area contributed by atoms with E-state index < -0.39 is 0 Å². The average Bonchev–Trinajstić information content (AvgIpc) is 3.26. The molecule has 3 rings (SSSR count). The minimum atomic E-state index is -0.167. The number of hydrogen-bond donors (Lipinski definition) is 1. The van der Waals surface area contributed by atoms with Crippen LogP contribution in [-0.2, 0) is 11.8 Å². The van der Waals surface area contributed by atoms with E-state index in [1.165, 1.54) is 0 Å². The molecule has 6 heteroatoms. The fraction of sp³-hybridized carbons (Fsp3) is 0.375. The van der Waals surface area contributed by atoms with E-state index in [1.54, 1.807) is 18.3 Å². The quantitative estimate of drug-likeness (QED) is 0.890. The standard InChI is InChI=1S/C16H18ClN3O2/c1-20-9-8-18-16(20)15(11-6-7-11)19-14(21)10-22-13-5-3-2-4-12(13)17/h2-5,8-9,11,15H,6-7,10H2,1H3,(H,19,21). The lowest BCUT2D eigenvalue weighted by atomic mass is 10.1. The Balaban J connectivity index is 1.60. The molecule has 1 aromatic heterocycles. The van der Waals surface area contributed by atoms with Crippen LogP contribution in [0.4, 0.5) is 0 Å². The van der Waals surface area contributed by atoms with Crippen LogP contribution in [0.5, 0.6) is 5.75 Å². The number of imidazole rings is 1. The zero-order valence-corrected chi connectivity index (χ0v) is 13.1. The van der Waals surface area contributed by atoms with Crippen LogP contribution in [0.25, 0.3) is 0 Å². The Labute approximate surface area is 134 Å². The van der Waals surface area contributed by atoms with Crippen molar-refractivity contribution in [3.05, 3.63) is 47.5 Å². The van der Waals surface area contributed by atoms with Crippen LogP contribution in [0.1, 0.15) is 24.7 Å². The number of para-hydroxylation sites is 1. The first-order valence-corrected chi connectivity index (χ1v) is 7.67. The molecule has 1 atom stereocenters. The Morgan fingerprint density at radius 2 is 2.27 bits per heavy atom. The van der Waals surface area contributed by atoms with E-state index in [1.807, 2.05) is 29.9 Å². The van der Waals surface area contributed by atoms with Crippen LogP contribution in [0.3, 0.4) is 0 Å². The third-order valence-corrected chi connectivity index (χ3v) is 4.05. The molecule has 1 aliphatic carbocycles. The highest BCUT2D eigenvalue weighted by Gasteiger charge is 2.35. The van der Waals surface area contributed by atoms with Gasteiger partial charge in [0.05, 0.1) is 11.1 Å². The van der Waals surface area contributed by atoms with Gasteiger partial charge >= 0.3 is 0 Å². The van der Waals surface area contributed by atoms with Gasteiger partial charge in [0.15, 0.2) is 6.61 Å². The summed E-state index contributed by atoms with van der Waals surface area (Å²) in [7, 11) is 1.93. The maximum Gasteiger partial charge on any atom is 0.258 e. The highest BCUT2D eigenvalue weighted by molar-refractivity contribution is 6.32. The van der Waals surface area contributed by atoms with E-state index >= 15 is 0 Å². The van der Waals surface area contributed by atoms with Crippen LogP contribution < -0.4 is 10.1 Å². The Kier molecular flexibility index (Phi) is 4.34. The van der Waals surface area contributed by atoms with Gasteiger partial charge in [-0.3, -0.25) is 4.79 Å². The summed E-state index contributed by atoms with van der Waals surface area (Å²) >= 11 is 6.01. The second kappa shape index (κ2) is 6.40. The van der Waals surface area contributed by atoms with Crippen molar-refractivity contribution in [2.75, 3.05) is 6.61 Å². The number of nitrogens with one attached hydrogen (secondary N) is 1. The van der Waals surface area contributed by atoms with E-state index in [0.717, 1.165) is 18.7 Å². The molecule has 1 fully saturated rings. The number of benzene rings is 1. The predicted octanol–water partition coefficient (Wildman–Crippen LogP) is 2.72. The summed E-state index contributed by atoms with van der Waals surface area (Å²) in [6.07, 6.45) is 5.86. The normalized spacial score (nSPS) is 15.4. The van der Waals surface area contributed by atoms with Crippen molar-refractivity contribution in [1.29, 1.82) is 0 Å². The molecule has 1 amide bonds. The number of aryl methyl sites for hydroxylation is 1. The molecule has 2 aromatic rings. The first kappa shape index (κ1) is 14.9. The first-order valence-electron chi connectivity index (χ1n) is 7.29. The number of carbonyl (C=O) groups is 1. The average molecular weight is 320 g/mol. The number of hydrogen-bond acceptors (Lipinski definition) is 3. The van der Waals surface area contributed by atoms with Gasteiger partial charge in [0.25, 0.3) is 5.91 Å². The van der Waals surface area contributed by atoms with Gasteiger partial charge in [0.2, 0.25) is 0 Å². The lowest BCUT2D eigenvalue weighted by Gasteiger charge is -2.18. The van der Waals surface area contributed by atoms with Crippen molar-refractivity contribution in [2.24, 2.45) is 13.0 Å². The van der Waals surface area contributed by atoms with Gasteiger partial charge in [-0.05, 0) is 30.9 Å². The molecule has 22 heavy (non-hydrogen) atoms. The molecule has 0 spiro atoms. The van der Waals surface area contributed by atoms with E-state index in [9.17, 15) is 4.79 Å². The fourth-order valence-corrected chi connectivity index (χ4v) is 2.61. The van der Waals surface area contributed by atoms with Gasteiger partial charge < -0.3 is 14.6 Å². The molecular formula is C16H18ClN3O2. The van der Waals surface area contributed by atoms with Crippen molar-refractivity contribution in [1.82, 2.24) is 14.9 Å². The molecule has 1 heterocycles. The van der Waals surface area contributed by atoms with E-state index in [-0.39, 0.29) is 18.6 Å². The van der Waals surface area contributed by atoms with Crippen LogP contribution in [0, 0.1) is 5.92 Å². The number of aromatic nitrogens is 2. The van der Waals surface area contributed by atoms with Crippen molar-refractivity contribution in [2.45, 2.75) is 18.9 Å². The summed E-state index contributed by atoms with van der Waals surface area (Å²) < 4.78 is 7.42. The largest absolute Gasteiger partial charge is 0.482 e. The predicted molar refractivity (Wildman–Crippen MR) is 83.8 cm³/mol. The number of carbonyl (C=O) groups excluding carboxylic acids is 1. The minimum absolute atomic E-state index is 0.0534. The Hall–Kier alpha value is -2.01. The first-order chi connectivity index (χ1) is 10.6. The maximum absolute atomic E-state index is 12.2. The second-order valence-electron chi connectivity index (χ2n) is 5.50. The molecule has 0 radical (unpaired) electrons. The SMILES string of the molecule is Cn1ccnc1C(NC(=O)COc1ccccc1Cl)C1CC1. The molecule has 0 saturated heterocycles. The molecule has 0 bridgehead atoms. The number of amides is 1. The molecule has 5 nitrogen and oxygen atoms in total. The summed E-state index contributed by atoms with van der Waals surface area (Å²) in [4.78, 5) is 16.5. The van der Waals surface area contributed by atoms with Gasteiger partial charge in [-0.2, -0.15) is 0 Å². The van der Waals surface area contributed by atoms with Crippen LogP contribution in [-0.4, -0.2) is 22.1 Å². The van der Waals surface area contributed by atoms with Crippen LogP contribution >= 0.6 is 11.6 Å². The number of nitrogens with zero attached hydrogens (tertiary/aromatic N) is 2. The van der Waals surface area contributed by atoms with Crippen molar-refractivity contribution in [3.63, 3.8) is 0 Å². The van der Waals surface area contributed by atoms with Crippen molar-refractivity contribution in [3.8, 4) is 5.75 Å². The van der Waals surface area contributed by atoms with Gasteiger partial charge in [-0.15, -0.1) is 0 Å². The molecule has 1 N–H and O–H groups in total. The summed E-state index contributed by atoms with van der Waals surface area (Å²) in [5, 5.41) is 3.52. The van der Waals surface area contributed by atoms with Crippen molar-refractivity contribution < 1.29 is 9.53 Å². The molecule has 1 aliphatic rings. The van der Waals surface area contributed by atoms with Crippen LogP contribution in [0.2, 0.25) is 5.02 Å². The lowest BCUT2D eigenvalue weighted by Crippen LogP contribution is -2.35. The number of ether oxygens (including phenoxy) is 1. The summed E-state index contributed by atoms with van der Waals surface area (Å²) in [6.45, 7) is -0.0582. The molecule has 0 aliphatic heterocycles. The Morgan fingerprint density at radius 3 is 2.91 bits per heavy atom. The second-order valence-corrected chi connectivity index (χ2v) is 5.91. The Bertz CT molecular complexity index is 667. The topological polar surface area (TPSA) is 56.2 Å². The van der Waals surface area contributed by atoms with Crippen LogP contribution in [0.15, 0.2) is 36.7 Å². The summed E-state index contributed by atoms with van der Waals surface area (Å²) in [5.41, 5.74) is 0. The third-order valence-electron chi connectivity index (χ3n) is 3.74. The molecule has 1 aromatic carbocycles. The lowest BCUT2D eigenvalue weighted by molar-refractivity contribution is -0.124. The molecule has 1 unspecified atom stereocenters. The highest BCUT2D eigenvalue weighted by Crippen LogP contribution is 2.40. The highest BCUT2D eigenvalue weighted by atomic mass is 35.5. The van der Waals surface area contributed by atoms with E-state index in [2.05, 4.69) is 10.3 Å². The fourth-order valence-electron chi connectivity index (χ4n) is 2.42. The Morgan fingerprint density at radius 1 is 1.50 bits per heavy atom. The van der Waals surface area contributed by atoms with E-state index in [4.69, 9.17) is 16.3 Å². The minimum Gasteiger partial charge on any atom is -0.482 e. The smallest absolute Gasteiger partial charge is 0.258 e. The molecule has 1 saturated carbocycles. The summed E-state index contributed by atoms with van der Waals surface area (Å²) in [6, 6.07) is 7.06. The monoisotopic (exact) mass is 319 g/mol. The maximum atomic E-state index is 12.2. The van der Waals surface area contributed by atoms with Gasteiger partial charge in [-0.25, -0.2) is 4.98 Å². The van der Waals surface area contributed by atoms with Crippen molar-refractivity contribution >= 4 is 17.5 Å².